The number of imide groups is 1. The molecule has 0 saturated heterocycles. The van der Waals surface area contributed by atoms with Gasteiger partial charge in [0.05, 0.1) is 11.1 Å². The van der Waals surface area contributed by atoms with Gasteiger partial charge in [-0.15, -0.1) is 0 Å². The number of rotatable bonds is 2. The number of halogens is 1. The predicted molar refractivity (Wildman–Crippen MR) is 61.1 cm³/mol. The molecule has 0 saturated carbocycles. The van der Waals surface area contributed by atoms with Gasteiger partial charge in [0.2, 0.25) is 0 Å². The van der Waals surface area contributed by atoms with Crippen LogP contribution in [0.2, 0.25) is 0 Å². The summed E-state index contributed by atoms with van der Waals surface area (Å²) in [6, 6.07) is 6.74. The van der Waals surface area contributed by atoms with Crippen molar-refractivity contribution in [3.8, 4) is 0 Å². The van der Waals surface area contributed by atoms with Gasteiger partial charge in [0.1, 0.15) is 0 Å². The van der Waals surface area contributed by atoms with Crippen molar-refractivity contribution in [3.05, 3.63) is 59.3 Å². The lowest BCUT2D eigenvalue weighted by Gasteiger charge is -2.05. The minimum atomic E-state index is -0.306. The number of carbonyl (C=O) groups is 2. The van der Waals surface area contributed by atoms with Crippen LogP contribution in [0.5, 0.6) is 0 Å². The molecule has 1 aliphatic rings. The minimum Gasteiger partial charge on any atom is -0.268 e. The minimum absolute atomic E-state index is 0.306. The van der Waals surface area contributed by atoms with Crippen LogP contribution in [0.1, 0.15) is 20.7 Å². The van der Waals surface area contributed by atoms with E-state index in [1.165, 1.54) is 23.9 Å². The number of benzene rings is 1. The maximum Gasteiger partial charge on any atom is 0.265 e. The van der Waals surface area contributed by atoms with Gasteiger partial charge in [-0.2, -0.15) is 0 Å². The Hall–Kier alpha value is -1.87. The topological polar surface area (TPSA) is 37.4 Å². The van der Waals surface area contributed by atoms with Gasteiger partial charge in [-0.3, -0.25) is 9.59 Å². The molecule has 0 N–H and O–H groups in total. The number of nitrogens with zero attached hydrogens (tertiary/aromatic N) is 1. The van der Waals surface area contributed by atoms with Crippen molar-refractivity contribution in [1.82, 2.24) is 4.90 Å². The van der Waals surface area contributed by atoms with E-state index in [1.54, 1.807) is 24.3 Å². The first-order valence-corrected chi connectivity index (χ1v) is 5.10. The third-order valence-electron chi connectivity index (χ3n) is 2.24. The predicted octanol–water partition coefficient (Wildman–Crippen LogP) is 2.55. The van der Waals surface area contributed by atoms with Crippen molar-refractivity contribution in [2.75, 3.05) is 0 Å². The molecule has 0 bridgehead atoms. The van der Waals surface area contributed by atoms with Gasteiger partial charge in [-0.05, 0) is 24.3 Å². The van der Waals surface area contributed by atoms with Crippen molar-refractivity contribution < 1.29 is 9.59 Å². The number of fused-ring (bicyclic) bond motifs is 1. The van der Waals surface area contributed by atoms with Crippen LogP contribution >= 0.6 is 11.6 Å². The Kier molecular flexibility index (Phi) is 2.88. The fourth-order valence-electron chi connectivity index (χ4n) is 1.52. The summed E-state index contributed by atoms with van der Waals surface area (Å²) in [4.78, 5) is 24.7. The highest BCUT2D eigenvalue weighted by Gasteiger charge is 2.33. The second-order valence-electron chi connectivity index (χ2n) is 3.19. The molecule has 0 atom stereocenters. The molecule has 0 unspecified atom stereocenters. The van der Waals surface area contributed by atoms with Crippen molar-refractivity contribution in [1.29, 1.82) is 0 Å². The Bertz CT molecular complexity index is 470. The molecule has 2 amide bonds. The monoisotopic (exact) mass is 233 g/mol. The van der Waals surface area contributed by atoms with Crippen LogP contribution in [-0.2, 0) is 0 Å². The molecule has 1 aromatic carbocycles. The molecule has 0 fully saturated rings. The van der Waals surface area contributed by atoms with E-state index in [-0.39, 0.29) is 11.8 Å². The lowest BCUT2D eigenvalue weighted by molar-refractivity contribution is 0.0721. The van der Waals surface area contributed by atoms with E-state index in [1.807, 2.05) is 0 Å². The molecular formula is C12H8ClNO2. The molecule has 0 aromatic heterocycles. The lowest BCUT2D eigenvalue weighted by atomic mass is 10.1. The molecule has 1 aromatic rings. The highest BCUT2D eigenvalue weighted by molar-refractivity contribution is 6.25. The Morgan fingerprint density at radius 1 is 1.00 bits per heavy atom. The molecule has 3 nitrogen and oxygen atoms in total. The van der Waals surface area contributed by atoms with E-state index in [0.29, 0.717) is 11.1 Å². The quantitative estimate of drug-likeness (QED) is 0.582. The summed E-state index contributed by atoms with van der Waals surface area (Å²) in [7, 11) is 0. The smallest absolute Gasteiger partial charge is 0.265 e. The molecule has 0 spiro atoms. The third kappa shape index (κ3) is 1.66. The van der Waals surface area contributed by atoms with Gasteiger partial charge >= 0.3 is 0 Å². The van der Waals surface area contributed by atoms with E-state index in [9.17, 15) is 9.59 Å². The van der Waals surface area contributed by atoms with Crippen molar-refractivity contribution >= 4 is 23.4 Å². The van der Waals surface area contributed by atoms with Crippen LogP contribution in [0, 0.1) is 0 Å². The second-order valence-corrected chi connectivity index (χ2v) is 3.44. The zero-order chi connectivity index (χ0) is 11.5. The summed E-state index contributed by atoms with van der Waals surface area (Å²) < 4.78 is 0. The summed E-state index contributed by atoms with van der Waals surface area (Å²) in [5.41, 5.74) is 2.17. The van der Waals surface area contributed by atoms with Crippen LogP contribution < -0.4 is 0 Å². The molecule has 0 aliphatic carbocycles. The first-order valence-electron chi connectivity index (χ1n) is 4.66. The SMILES string of the molecule is O=C1c2ccccc2C(=O)N1/C=C/C=C/Cl. The van der Waals surface area contributed by atoms with Gasteiger partial charge in [-0.25, -0.2) is 4.90 Å². The molecule has 4 heteroatoms. The molecular weight excluding hydrogens is 226 g/mol. The molecule has 1 heterocycles. The highest BCUT2D eigenvalue weighted by atomic mass is 35.5. The largest absolute Gasteiger partial charge is 0.268 e. The van der Waals surface area contributed by atoms with E-state index < -0.39 is 0 Å². The second kappa shape index (κ2) is 4.33. The Balaban J connectivity index is 2.35. The molecule has 80 valence electrons. The van der Waals surface area contributed by atoms with Gasteiger partial charge in [0, 0.05) is 11.7 Å². The molecule has 2 rings (SSSR count). The van der Waals surface area contributed by atoms with Crippen LogP contribution in [0.3, 0.4) is 0 Å². The van der Waals surface area contributed by atoms with Crippen LogP contribution in [0.25, 0.3) is 0 Å². The first-order chi connectivity index (χ1) is 7.75. The number of hydrogen-bond donors (Lipinski definition) is 0. The summed E-state index contributed by atoms with van der Waals surface area (Å²) in [5, 5.41) is 0. The fourth-order valence-corrected chi connectivity index (χ4v) is 1.61. The summed E-state index contributed by atoms with van der Waals surface area (Å²) in [5.74, 6) is -0.611. The van der Waals surface area contributed by atoms with Gasteiger partial charge in [0.15, 0.2) is 0 Å². The Morgan fingerprint density at radius 3 is 2.06 bits per heavy atom. The zero-order valence-electron chi connectivity index (χ0n) is 8.26. The normalized spacial score (nSPS) is 15.4. The lowest BCUT2D eigenvalue weighted by Crippen LogP contribution is -2.23. The standard InChI is InChI=1S/C12H8ClNO2/c13-7-3-4-8-14-11(15)9-5-1-2-6-10(9)12(14)16/h1-8H/b7-3+,8-4+. The molecule has 16 heavy (non-hydrogen) atoms. The van der Waals surface area contributed by atoms with E-state index in [0.717, 1.165) is 4.90 Å². The van der Waals surface area contributed by atoms with Gasteiger partial charge in [0.25, 0.3) is 11.8 Å². The van der Waals surface area contributed by atoms with Crippen molar-refractivity contribution in [3.63, 3.8) is 0 Å². The van der Waals surface area contributed by atoms with Crippen molar-refractivity contribution in [2.24, 2.45) is 0 Å². The number of amides is 2. The summed E-state index contributed by atoms with van der Waals surface area (Å²) in [6.45, 7) is 0. The number of allylic oxidation sites excluding steroid dienone is 2. The Morgan fingerprint density at radius 2 is 1.56 bits per heavy atom. The third-order valence-corrected chi connectivity index (χ3v) is 2.39. The van der Waals surface area contributed by atoms with Crippen LogP contribution in [-0.4, -0.2) is 16.7 Å². The number of hydrogen-bond acceptors (Lipinski definition) is 2. The molecule has 0 radical (unpaired) electrons. The van der Waals surface area contributed by atoms with E-state index in [2.05, 4.69) is 0 Å². The average Bonchev–Trinajstić information content (AvgIpc) is 2.55. The van der Waals surface area contributed by atoms with Gasteiger partial charge < -0.3 is 0 Å². The fraction of sp³-hybridized carbons (Fsp3) is 0. The van der Waals surface area contributed by atoms with Gasteiger partial charge in [-0.1, -0.05) is 23.7 Å². The molecule has 1 aliphatic heterocycles. The number of carbonyl (C=O) groups excluding carboxylic acids is 2. The van der Waals surface area contributed by atoms with Crippen LogP contribution in [0.15, 0.2) is 48.2 Å². The zero-order valence-corrected chi connectivity index (χ0v) is 9.02. The first kappa shape index (κ1) is 10.6. The van der Waals surface area contributed by atoms with E-state index >= 15 is 0 Å². The maximum absolute atomic E-state index is 11.8. The average molecular weight is 234 g/mol. The maximum atomic E-state index is 11.8. The Labute approximate surface area is 97.6 Å². The van der Waals surface area contributed by atoms with Crippen molar-refractivity contribution in [2.45, 2.75) is 0 Å². The van der Waals surface area contributed by atoms with E-state index in [4.69, 9.17) is 11.6 Å². The summed E-state index contributed by atoms with van der Waals surface area (Å²) in [6.07, 6.45) is 4.48. The summed E-state index contributed by atoms with van der Waals surface area (Å²) >= 11 is 5.33. The highest BCUT2D eigenvalue weighted by Crippen LogP contribution is 2.22. The van der Waals surface area contributed by atoms with Crippen LogP contribution in [0.4, 0.5) is 0 Å².